The number of nitrogens with two attached hydrogens (primary N) is 1. The molecule has 1 atom stereocenters. The minimum atomic E-state index is -0.233. The Kier molecular flexibility index (Phi) is 2.74. The lowest BCUT2D eigenvalue weighted by atomic mass is 10.1. The zero-order valence-corrected chi connectivity index (χ0v) is 9.82. The van der Waals surface area contributed by atoms with Gasteiger partial charge in [0.15, 0.2) is 0 Å². The fourth-order valence-electron chi connectivity index (χ4n) is 1.95. The smallest absolute Gasteiger partial charge is 0.0890 e. The maximum absolute atomic E-state index is 6.20. The van der Waals surface area contributed by atoms with E-state index in [-0.39, 0.29) is 6.04 Å². The minimum absolute atomic E-state index is 0.233. The minimum Gasteiger partial charge on any atom is -0.319 e. The van der Waals surface area contributed by atoms with E-state index >= 15 is 0 Å². The number of para-hydroxylation sites is 2. The number of aromatic nitrogens is 2. The molecule has 0 aliphatic rings. The molecular weight excluding hydrogens is 222 g/mol. The van der Waals surface area contributed by atoms with Gasteiger partial charge in [0, 0.05) is 0 Å². The van der Waals surface area contributed by atoms with Crippen LogP contribution >= 0.6 is 0 Å². The van der Waals surface area contributed by atoms with Crippen molar-refractivity contribution in [2.45, 2.75) is 6.04 Å². The van der Waals surface area contributed by atoms with Gasteiger partial charge < -0.3 is 5.73 Å². The summed E-state index contributed by atoms with van der Waals surface area (Å²) in [7, 11) is 0. The summed E-state index contributed by atoms with van der Waals surface area (Å²) >= 11 is 0. The molecule has 0 saturated carbocycles. The fourth-order valence-corrected chi connectivity index (χ4v) is 1.95. The van der Waals surface area contributed by atoms with Crippen LogP contribution in [0.1, 0.15) is 17.3 Å². The Bertz CT molecular complexity index is 665. The van der Waals surface area contributed by atoms with Crippen LogP contribution in [0.15, 0.2) is 60.8 Å². The molecule has 1 unspecified atom stereocenters. The first-order chi connectivity index (χ1) is 8.84. The van der Waals surface area contributed by atoms with Gasteiger partial charge in [-0.2, -0.15) is 0 Å². The Hall–Kier alpha value is -2.26. The number of hydrogen-bond donors (Lipinski definition) is 1. The summed E-state index contributed by atoms with van der Waals surface area (Å²) in [5, 5.41) is 0. The molecular formula is C15H13N3. The van der Waals surface area contributed by atoms with Gasteiger partial charge in [0.2, 0.25) is 0 Å². The molecule has 0 spiro atoms. The highest BCUT2D eigenvalue weighted by molar-refractivity contribution is 5.73. The SMILES string of the molecule is NC(c1ccccc1)c1cnc2ccccc2n1. The van der Waals surface area contributed by atoms with Crippen LogP contribution in [0.25, 0.3) is 11.0 Å². The second-order valence-corrected chi connectivity index (χ2v) is 4.17. The molecule has 3 aromatic rings. The number of fused-ring (bicyclic) bond motifs is 1. The largest absolute Gasteiger partial charge is 0.319 e. The lowest BCUT2D eigenvalue weighted by Gasteiger charge is -2.11. The molecule has 0 fully saturated rings. The third-order valence-electron chi connectivity index (χ3n) is 2.94. The number of benzene rings is 2. The Morgan fingerprint density at radius 1 is 0.833 bits per heavy atom. The van der Waals surface area contributed by atoms with E-state index in [1.807, 2.05) is 54.6 Å². The van der Waals surface area contributed by atoms with E-state index in [4.69, 9.17) is 5.73 Å². The van der Waals surface area contributed by atoms with Crippen LogP contribution in [0.2, 0.25) is 0 Å². The Morgan fingerprint density at radius 2 is 1.50 bits per heavy atom. The van der Waals surface area contributed by atoms with E-state index < -0.39 is 0 Å². The molecule has 3 nitrogen and oxygen atoms in total. The second kappa shape index (κ2) is 4.55. The van der Waals surface area contributed by atoms with Crippen LogP contribution in [-0.4, -0.2) is 9.97 Å². The standard InChI is InChI=1S/C15H13N3/c16-15(11-6-2-1-3-7-11)14-10-17-12-8-4-5-9-13(12)18-14/h1-10,15H,16H2. The van der Waals surface area contributed by atoms with Gasteiger partial charge in [-0.15, -0.1) is 0 Å². The van der Waals surface area contributed by atoms with Gasteiger partial charge in [0.25, 0.3) is 0 Å². The Balaban J connectivity index is 2.04. The molecule has 0 radical (unpaired) electrons. The third kappa shape index (κ3) is 1.96. The van der Waals surface area contributed by atoms with Gasteiger partial charge >= 0.3 is 0 Å². The predicted octanol–water partition coefficient (Wildman–Crippen LogP) is 2.68. The monoisotopic (exact) mass is 235 g/mol. The molecule has 0 bridgehead atoms. The first kappa shape index (κ1) is 10.9. The number of hydrogen-bond acceptors (Lipinski definition) is 3. The summed E-state index contributed by atoms with van der Waals surface area (Å²) < 4.78 is 0. The Labute approximate surface area is 105 Å². The maximum Gasteiger partial charge on any atom is 0.0890 e. The third-order valence-corrected chi connectivity index (χ3v) is 2.94. The van der Waals surface area contributed by atoms with E-state index in [2.05, 4.69) is 9.97 Å². The fraction of sp³-hybridized carbons (Fsp3) is 0.0667. The first-order valence-corrected chi connectivity index (χ1v) is 5.87. The van der Waals surface area contributed by atoms with Gasteiger partial charge in [0.1, 0.15) is 0 Å². The summed E-state index contributed by atoms with van der Waals surface area (Å²) in [6.45, 7) is 0. The van der Waals surface area contributed by atoms with E-state index in [0.29, 0.717) is 0 Å². The van der Waals surface area contributed by atoms with Crippen LogP contribution in [0.4, 0.5) is 0 Å². The van der Waals surface area contributed by atoms with Crippen LogP contribution in [0.5, 0.6) is 0 Å². The average Bonchev–Trinajstić information content (AvgIpc) is 2.47. The highest BCUT2D eigenvalue weighted by atomic mass is 14.8. The lowest BCUT2D eigenvalue weighted by Crippen LogP contribution is -2.13. The van der Waals surface area contributed by atoms with Crippen LogP contribution in [0, 0.1) is 0 Å². The van der Waals surface area contributed by atoms with Crippen molar-refractivity contribution < 1.29 is 0 Å². The molecule has 2 aromatic carbocycles. The van der Waals surface area contributed by atoms with Gasteiger partial charge in [-0.05, 0) is 17.7 Å². The summed E-state index contributed by atoms with van der Waals surface area (Å²) in [6, 6.07) is 17.5. The molecule has 0 amide bonds. The van der Waals surface area contributed by atoms with E-state index in [1.54, 1.807) is 6.20 Å². The molecule has 1 aromatic heterocycles. The molecule has 3 rings (SSSR count). The van der Waals surface area contributed by atoms with Crippen molar-refractivity contribution in [3.63, 3.8) is 0 Å². The van der Waals surface area contributed by atoms with Crippen LogP contribution in [-0.2, 0) is 0 Å². The van der Waals surface area contributed by atoms with Crippen molar-refractivity contribution in [3.05, 3.63) is 72.1 Å². The zero-order chi connectivity index (χ0) is 12.4. The van der Waals surface area contributed by atoms with Crippen LogP contribution < -0.4 is 5.73 Å². The van der Waals surface area contributed by atoms with E-state index in [0.717, 1.165) is 22.3 Å². The second-order valence-electron chi connectivity index (χ2n) is 4.17. The van der Waals surface area contributed by atoms with Gasteiger partial charge in [-0.3, -0.25) is 4.98 Å². The quantitative estimate of drug-likeness (QED) is 0.743. The van der Waals surface area contributed by atoms with Crippen molar-refractivity contribution in [1.82, 2.24) is 9.97 Å². The van der Waals surface area contributed by atoms with E-state index in [1.165, 1.54) is 0 Å². The van der Waals surface area contributed by atoms with Crippen molar-refractivity contribution in [2.75, 3.05) is 0 Å². The van der Waals surface area contributed by atoms with Gasteiger partial charge in [0.05, 0.1) is 29.0 Å². The Morgan fingerprint density at radius 3 is 2.28 bits per heavy atom. The normalized spacial score (nSPS) is 12.5. The molecule has 88 valence electrons. The number of rotatable bonds is 2. The summed E-state index contributed by atoms with van der Waals surface area (Å²) in [5.41, 5.74) is 9.81. The molecule has 1 heterocycles. The van der Waals surface area contributed by atoms with Crippen molar-refractivity contribution in [1.29, 1.82) is 0 Å². The lowest BCUT2D eigenvalue weighted by molar-refractivity contribution is 0.828. The van der Waals surface area contributed by atoms with Gasteiger partial charge in [-0.1, -0.05) is 42.5 Å². The molecule has 2 N–H and O–H groups in total. The maximum atomic E-state index is 6.20. The highest BCUT2D eigenvalue weighted by Crippen LogP contribution is 2.18. The predicted molar refractivity (Wildman–Crippen MR) is 72.0 cm³/mol. The topological polar surface area (TPSA) is 51.8 Å². The van der Waals surface area contributed by atoms with Crippen LogP contribution in [0.3, 0.4) is 0 Å². The van der Waals surface area contributed by atoms with E-state index in [9.17, 15) is 0 Å². The van der Waals surface area contributed by atoms with Crippen molar-refractivity contribution in [2.24, 2.45) is 5.73 Å². The summed E-state index contributed by atoms with van der Waals surface area (Å²) in [5.74, 6) is 0. The zero-order valence-electron chi connectivity index (χ0n) is 9.82. The molecule has 3 heteroatoms. The van der Waals surface area contributed by atoms with Gasteiger partial charge in [-0.25, -0.2) is 4.98 Å². The molecule has 0 aliphatic heterocycles. The number of nitrogens with zero attached hydrogens (tertiary/aromatic N) is 2. The molecule has 0 saturated heterocycles. The highest BCUT2D eigenvalue weighted by Gasteiger charge is 2.10. The average molecular weight is 235 g/mol. The first-order valence-electron chi connectivity index (χ1n) is 5.87. The molecule has 0 aliphatic carbocycles. The van der Waals surface area contributed by atoms with Crippen molar-refractivity contribution >= 4 is 11.0 Å². The van der Waals surface area contributed by atoms with Crippen molar-refractivity contribution in [3.8, 4) is 0 Å². The summed E-state index contributed by atoms with van der Waals surface area (Å²) in [4.78, 5) is 8.95. The summed E-state index contributed by atoms with van der Waals surface area (Å²) in [6.07, 6.45) is 1.75. The molecule has 18 heavy (non-hydrogen) atoms.